The van der Waals surface area contributed by atoms with Crippen LogP contribution in [-0.4, -0.2) is 16.8 Å². The minimum Gasteiger partial charge on any atom is -0.343 e. The third kappa shape index (κ3) is 4.32. The van der Waals surface area contributed by atoms with Crippen molar-refractivity contribution >= 4 is 28.8 Å². The summed E-state index contributed by atoms with van der Waals surface area (Å²) in [5, 5.41) is 5.36. The molecule has 1 aromatic heterocycles. The van der Waals surface area contributed by atoms with Crippen LogP contribution in [0, 0.1) is 18.6 Å². The van der Waals surface area contributed by atoms with E-state index >= 15 is 0 Å². The molecule has 0 aliphatic carbocycles. The number of aromatic nitrogens is 1. The van der Waals surface area contributed by atoms with Gasteiger partial charge in [0.25, 0.3) is 0 Å². The van der Waals surface area contributed by atoms with Crippen molar-refractivity contribution in [1.82, 2.24) is 10.3 Å². The third-order valence-electron chi connectivity index (χ3n) is 2.42. The summed E-state index contributed by atoms with van der Waals surface area (Å²) in [6.45, 7) is 1.98. The van der Waals surface area contributed by atoms with Crippen molar-refractivity contribution in [2.75, 3.05) is 5.32 Å². The molecule has 1 aromatic carbocycles. The second-order valence-corrected chi connectivity index (χ2v) is 5.46. The monoisotopic (exact) mass is 311 g/mol. The maximum absolute atomic E-state index is 13.0. The molecule has 0 radical (unpaired) electrons. The second-order valence-electron chi connectivity index (χ2n) is 4.14. The number of amides is 2. The zero-order valence-corrected chi connectivity index (χ0v) is 11.8. The maximum Gasteiger partial charge on any atom is 0.313 e. The summed E-state index contributed by atoms with van der Waals surface area (Å²) in [6, 6.07) is 2.50. The van der Waals surface area contributed by atoms with Crippen LogP contribution in [0.5, 0.6) is 0 Å². The molecule has 0 aliphatic rings. The van der Waals surface area contributed by atoms with E-state index in [1.165, 1.54) is 11.3 Å². The van der Waals surface area contributed by atoms with E-state index in [2.05, 4.69) is 15.6 Å². The molecular weight excluding hydrogens is 300 g/mol. The van der Waals surface area contributed by atoms with Crippen LogP contribution < -0.4 is 10.6 Å². The fourth-order valence-corrected chi connectivity index (χ4v) is 2.28. The average molecular weight is 311 g/mol. The summed E-state index contributed by atoms with van der Waals surface area (Å²) in [5.74, 6) is -3.58. The van der Waals surface area contributed by atoms with Gasteiger partial charge in [0.05, 0.1) is 11.6 Å². The Hall–Kier alpha value is -2.35. The molecule has 1 heterocycles. The number of nitrogens with zero attached hydrogens (tertiary/aromatic N) is 1. The van der Waals surface area contributed by atoms with Gasteiger partial charge in [-0.25, -0.2) is 13.8 Å². The number of hydrogen-bond acceptors (Lipinski definition) is 4. The lowest BCUT2D eigenvalue weighted by atomic mass is 10.3. The number of halogens is 2. The first kappa shape index (κ1) is 15.0. The smallest absolute Gasteiger partial charge is 0.313 e. The normalized spacial score (nSPS) is 10.2. The van der Waals surface area contributed by atoms with E-state index in [1.54, 1.807) is 6.20 Å². The van der Waals surface area contributed by atoms with E-state index in [4.69, 9.17) is 0 Å². The van der Waals surface area contributed by atoms with Gasteiger partial charge in [0.2, 0.25) is 0 Å². The second kappa shape index (κ2) is 6.40. The summed E-state index contributed by atoms with van der Waals surface area (Å²) < 4.78 is 25.9. The molecule has 8 heteroatoms. The fraction of sp³-hybridized carbons (Fsp3) is 0.154. The fourth-order valence-electron chi connectivity index (χ4n) is 1.55. The Morgan fingerprint density at radius 3 is 2.43 bits per heavy atom. The van der Waals surface area contributed by atoms with E-state index in [1.807, 2.05) is 6.92 Å². The van der Waals surface area contributed by atoms with Gasteiger partial charge in [-0.1, -0.05) is 0 Å². The van der Waals surface area contributed by atoms with Gasteiger partial charge >= 0.3 is 11.8 Å². The van der Waals surface area contributed by atoms with Gasteiger partial charge in [-0.05, 0) is 19.1 Å². The first-order valence-corrected chi connectivity index (χ1v) is 6.72. The van der Waals surface area contributed by atoms with Crippen molar-refractivity contribution in [2.45, 2.75) is 13.5 Å². The molecule has 0 unspecified atom stereocenters. The minimum atomic E-state index is -0.999. The van der Waals surface area contributed by atoms with E-state index in [-0.39, 0.29) is 12.2 Å². The summed E-state index contributed by atoms with van der Waals surface area (Å²) in [4.78, 5) is 28.0. The Morgan fingerprint density at radius 2 is 1.86 bits per heavy atom. The number of aryl methyl sites for hydroxylation is 1. The Morgan fingerprint density at radius 1 is 1.19 bits per heavy atom. The molecule has 0 saturated heterocycles. The average Bonchev–Trinajstić information content (AvgIpc) is 2.80. The van der Waals surface area contributed by atoms with Crippen LogP contribution in [0.2, 0.25) is 0 Å². The number of carbonyl (C=O) groups is 2. The van der Waals surface area contributed by atoms with Gasteiger partial charge < -0.3 is 10.6 Å². The number of rotatable bonds is 3. The minimum absolute atomic E-state index is 0.124. The number of benzene rings is 1. The highest BCUT2D eigenvalue weighted by molar-refractivity contribution is 7.11. The number of anilines is 1. The molecule has 0 fully saturated rings. The molecule has 2 N–H and O–H groups in total. The quantitative estimate of drug-likeness (QED) is 0.852. The van der Waals surface area contributed by atoms with Crippen LogP contribution >= 0.6 is 11.3 Å². The molecule has 0 atom stereocenters. The summed E-state index contributed by atoms with van der Waals surface area (Å²) in [6.07, 6.45) is 1.60. The van der Waals surface area contributed by atoms with Gasteiger partial charge in [0.1, 0.15) is 11.6 Å². The van der Waals surface area contributed by atoms with E-state index < -0.39 is 23.4 Å². The number of nitrogens with one attached hydrogen (secondary N) is 2. The van der Waals surface area contributed by atoms with Gasteiger partial charge in [-0.3, -0.25) is 9.59 Å². The molecule has 5 nitrogen and oxygen atoms in total. The zero-order valence-electron chi connectivity index (χ0n) is 10.9. The van der Waals surface area contributed by atoms with Crippen LogP contribution in [0.4, 0.5) is 14.5 Å². The van der Waals surface area contributed by atoms with Gasteiger partial charge in [0.15, 0.2) is 0 Å². The highest BCUT2D eigenvalue weighted by Crippen LogP contribution is 2.13. The van der Waals surface area contributed by atoms with Crippen molar-refractivity contribution in [3.8, 4) is 0 Å². The summed E-state index contributed by atoms with van der Waals surface area (Å²) in [7, 11) is 0. The van der Waals surface area contributed by atoms with Crippen LogP contribution in [-0.2, 0) is 16.1 Å². The van der Waals surface area contributed by atoms with E-state index in [0.717, 1.165) is 22.0 Å². The van der Waals surface area contributed by atoms with E-state index in [9.17, 15) is 18.4 Å². The zero-order chi connectivity index (χ0) is 15.4. The molecule has 0 spiro atoms. The standard InChI is InChI=1S/C13H11F2N3O2S/c1-7-16-5-11(21-7)6-17-12(19)13(20)18-10-3-8(14)2-9(15)4-10/h2-5H,6H2,1H3,(H,17,19)(H,18,20). The maximum atomic E-state index is 13.0. The Balaban J connectivity index is 1.91. The summed E-state index contributed by atoms with van der Waals surface area (Å²) >= 11 is 1.39. The largest absolute Gasteiger partial charge is 0.343 e. The van der Waals surface area contributed by atoms with Crippen LogP contribution in [0.15, 0.2) is 24.4 Å². The highest BCUT2D eigenvalue weighted by Gasteiger charge is 2.14. The number of carbonyl (C=O) groups excluding carboxylic acids is 2. The lowest BCUT2D eigenvalue weighted by Crippen LogP contribution is -2.34. The number of thiazole rings is 1. The lowest BCUT2D eigenvalue weighted by molar-refractivity contribution is -0.136. The molecule has 0 bridgehead atoms. The lowest BCUT2D eigenvalue weighted by Gasteiger charge is -2.06. The van der Waals surface area contributed by atoms with Gasteiger partial charge in [0, 0.05) is 22.8 Å². The molecule has 0 aliphatic heterocycles. The van der Waals surface area contributed by atoms with Crippen molar-refractivity contribution < 1.29 is 18.4 Å². The SMILES string of the molecule is Cc1ncc(CNC(=O)C(=O)Nc2cc(F)cc(F)c2)s1. The van der Waals surface area contributed by atoms with Crippen molar-refractivity contribution in [2.24, 2.45) is 0 Å². The molecule has 0 saturated carbocycles. The molecule has 2 aromatic rings. The predicted octanol–water partition coefficient (Wildman–Crippen LogP) is 1.98. The molecule has 21 heavy (non-hydrogen) atoms. The Bertz CT molecular complexity index is 668. The number of hydrogen-bond donors (Lipinski definition) is 2. The van der Waals surface area contributed by atoms with E-state index in [0.29, 0.717) is 6.07 Å². The van der Waals surface area contributed by atoms with Crippen molar-refractivity contribution in [3.63, 3.8) is 0 Å². The highest BCUT2D eigenvalue weighted by atomic mass is 32.1. The molecule has 2 rings (SSSR count). The van der Waals surface area contributed by atoms with Gasteiger partial charge in [-0.15, -0.1) is 11.3 Å². The van der Waals surface area contributed by atoms with Gasteiger partial charge in [-0.2, -0.15) is 0 Å². The molecule has 110 valence electrons. The Kier molecular flexibility index (Phi) is 4.59. The molecule has 2 amide bonds. The van der Waals surface area contributed by atoms with Crippen LogP contribution in [0.25, 0.3) is 0 Å². The topological polar surface area (TPSA) is 71.1 Å². The van der Waals surface area contributed by atoms with Crippen LogP contribution in [0.3, 0.4) is 0 Å². The Labute approximate surface area is 123 Å². The molecular formula is C13H11F2N3O2S. The third-order valence-corrected chi connectivity index (χ3v) is 3.33. The predicted molar refractivity (Wildman–Crippen MR) is 73.7 cm³/mol. The van der Waals surface area contributed by atoms with Crippen molar-refractivity contribution in [3.05, 3.63) is 45.9 Å². The van der Waals surface area contributed by atoms with Crippen LogP contribution in [0.1, 0.15) is 9.88 Å². The first-order chi connectivity index (χ1) is 9.94. The summed E-state index contributed by atoms with van der Waals surface area (Å²) in [5.41, 5.74) is -0.124. The van der Waals surface area contributed by atoms with Crippen molar-refractivity contribution in [1.29, 1.82) is 0 Å². The first-order valence-electron chi connectivity index (χ1n) is 5.90.